The topological polar surface area (TPSA) is 26.0 Å². The Bertz CT molecular complexity index is 597. The van der Waals surface area contributed by atoms with Gasteiger partial charge in [0.25, 0.3) is 0 Å². The van der Waals surface area contributed by atoms with Crippen LogP contribution in [0.3, 0.4) is 0 Å². The molecule has 2 rings (SSSR count). The van der Waals surface area contributed by atoms with Gasteiger partial charge in [0.1, 0.15) is 0 Å². The van der Waals surface area contributed by atoms with E-state index in [9.17, 15) is 17.6 Å². The zero-order valence-corrected chi connectivity index (χ0v) is 11.3. The van der Waals surface area contributed by atoms with Crippen molar-refractivity contribution in [3.63, 3.8) is 0 Å². The van der Waals surface area contributed by atoms with E-state index < -0.39 is 34.4 Å². The monoisotopic (exact) mass is 297 g/mol. The second-order valence-electron chi connectivity index (χ2n) is 4.74. The van der Waals surface area contributed by atoms with Gasteiger partial charge in [-0.1, -0.05) is 30.3 Å². The van der Waals surface area contributed by atoms with Gasteiger partial charge in [0.2, 0.25) is 0 Å². The fraction of sp³-hybridized carbons (Fsp3) is 0.250. The van der Waals surface area contributed by atoms with E-state index in [1.54, 1.807) is 24.3 Å². The van der Waals surface area contributed by atoms with Gasteiger partial charge in [-0.05, 0) is 31.4 Å². The van der Waals surface area contributed by atoms with Crippen molar-refractivity contribution >= 4 is 0 Å². The molecule has 0 unspecified atom stereocenters. The molecule has 112 valence electrons. The van der Waals surface area contributed by atoms with Crippen LogP contribution in [0.1, 0.15) is 16.7 Å². The van der Waals surface area contributed by atoms with Crippen LogP contribution in [0, 0.1) is 23.3 Å². The Morgan fingerprint density at radius 1 is 0.667 bits per heavy atom. The maximum absolute atomic E-state index is 13.9. The molecule has 0 atom stereocenters. The first-order valence-corrected chi connectivity index (χ1v) is 6.64. The molecule has 5 heteroatoms. The second kappa shape index (κ2) is 6.72. The average molecular weight is 297 g/mol. The summed E-state index contributed by atoms with van der Waals surface area (Å²) in [5.74, 6) is -5.34. The van der Waals surface area contributed by atoms with Crippen molar-refractivity contribution in [1.82, 2.24) is 0 Å². The van der Waals surface area contributed by atoms with Gasteiger partial charge in [0.05, 0.1) is 0 Å². The lowest BCUT2D eigenvalue weighted by Crippen LogP contribution is -2.13. The summed E-state index contributed by atoms with van der Waals surface area (Å²) in [4.78, 5) is 0. The molecule has 2 N–H and O–H groups in total. The van der Waals surface area contributed by atoms with Crippen LogP contribution in [-0.2, 0) is 19.3 Å². The maximum Gasteiger partial charge on any atom is 0.165 e. The van der Waals surface area contributed by atoms with Crippen molar-refractivity contribution < 1.29 is 17.6 Å². The number of halogens is 4. The zero-order chi connectivity index (χ0) is 15.4. The maximum atomic E-state index is 13.9. The molecular weight excluding hydrogens is 282 g/mol. The van der Waals surface area contributed by atoms with Gasteiger partial charge >= 0.3 is 0 Å². The lowest BCUT2D eigenvalue weighted by atomic mass is 9.99. The van der Waals surface area contributed by atoms with E-state index in [2.05, 4.69) is 0 Å². The van der Waals surface area contributed by atoms with Crippen molar-refractivity contribution in [3.8, 4) is 0 Å². The molecule has 1 nitrogen and oxygen atoms in total. The minimum Gasteiger partial charge on any atom is -0.330 e. The molecule has 0 radical (unpaired) electrons. The molecule has 0 spiro atoms. The van der Waals surface area contributed by atoms with Gasteiger partial charge < -0.3 is 5.73 Å². The van der Waals surface area contributed by atoms with E-state index in [0.29, 0.717) is 6.42 Å². The molecule has 0 saturated heterocycles. The molecule has 0 amide bonds. The fourth-order valence-electron chi connectivity index (χ4n) is 2.22. The van der Waals surface area contributed by atoms with Gasteiger partial charge in [-0.2, -0.15) is 0 Å². The lowest BCUT2D eigenvalue weighted by molar-refractivity contribution is 0.425. The standard InChI is InChI=1S/C16H15F4N/c17-13-11(7-6-10-4-2-1-3-5-10)14(18)16(20)12(8-9-21)15(13)19/h1-5H,6-9,21H2. The van der Waals surface area contributed by atoms with Crippen molar-refractivity contribution in [1.29, 1.82) is 0 Å². The summed E-state index contributed by atoms with van der Waals surface area (Å²) >= 11 is 0. The first kappa shape index (κ1) is 15.5. The molecule has 0 fully saturated rings. The van der Waals surface area contributed by atoms with Crippen molar-refractivity contribution in [2.45, 2.75) is 19.3 Å². The Morgan fingerprint density at radius 3 is 1.62 bits per heavy atom. The molecule has 0 aliphatic rings. The third-order valence-corrected chi connectivity index (χ3v) is 3.35. The number of aryl methyl sites for hydroxylation is 1. The van der Waals surface area contributed by atoms with Crippen LogP contribution < -0.4 is 5.73 Å². The quantitative estimate of drug-likeness (QED) is 0.663. The summed E-state index contributed by atoms with van der Waals surface area (Å²) in [5.41, 5.74) is 4.84. The predicted molar refractivity (Wildman–Crippen MR) is 72.9 cm³/mol. The molecule has 0 bridgehead atoms. The molecule has 0 aliphatic carbocycles. The molecule has 21 heavy (non-hydrogen) atoms. The number of hydrogen-bond acceptors (Lipinski definition) is 1. The van der Waals surface area contributed by atoms with Gasteiger partial charge in [0.15, 0.2) is 23.3 Å². The molecule has 0 heterocycles. The van der Waals surface area contributed by atoms with E-state index >= 15 is 0 Å². The Morgan fingerprint density at radius 2 is 1.14 bits per heavy atom. The van der Waals surface area contributed by atoms with Crippen LogP contribution in [0.5, 0.6) is 0 Å². The third kappa shape index (κ3) is 3.24. The lowest BCUT2D eigenvalue weighted by Gasteiger charge is -2.11. The summed E-state index contributed by atoms with van der Waals surface area (Å²) in [6, 6.07) is 8.95. The molecule has 2 aromatic carbocycles. The Hall–Kier alpha value is -1.88. The fourth-order valence-corrected chi connectivity index (χ4v) is 2.22. The molecule has 0 aromatic heterocycles. The highest BCUT2D eigenvalue weighted by Gasteiger charge is 2.24. The minimum atomic E-state index is -1.34. The average Bonchev–Trinajstić information content (AvgIpc) is 2.51. The first-order valence-electron chi connectivity index (χ1n) is 6.64. The number of rotatable bonds is 5. The van der Waals surface area contributed by atoms with E-state index in [0.717, 1.165) is 5.56 Å². The molecular formula is C16H15F4N. The van der Waals surface area contributed by atoms with Gasteiger partial charge in [0, 0.05) is 11.1 Å². The Labute approximate surface area is 120 Å². The van der Waals surface area contributed by atoms with Crippen molar-refractivity contribution in [3.05, 3.63) is 70.3 Å². The minimum absolute atomic E-state index is 0.0872. The highest BCUT2D eigenvalue weighted by Crippen LogP contribution is 2.25. The Balaban J connectivity index is 2.32. The number of benzene rings is 2. The van der Waals surface area contributed by atoms with Gasteiger partial charge in [-0.15, -0.1) is 0 Å². The van der Waals surface area contributed by atoms with Crippen molar-refractivity contribution in [2.75, 3.05) is 6.54 Å². The van der Waals surface area contributed by atoms with E-state index in [1.807, 2.05) is 6.07 Å². The van der Waals surface area contributed by atoms with Crippen LogP contribution in [-0.4, -0.2) is 6.54 Å². The van der Waals surface area contributed by atoms with Gasteiger partial charge in [-0.3, -0.25) is 0 Å². The highest BCUT2D eigenvalue weighted by atomic mass is 19.2. The van der Waals surface area contributed by atoms with E-state index in [4.69, 9.17) is 5.73 Å². The molecule has 0 aliphatic heterocycles. The van der Waals surface area contributed by atoms with Crippen LogP contribution in [0.15, 0.2) is 30.3 Å². The predicted octanol–water partition coefficient (Wildman–Crippen LogP) is 3.53. The first-order chi connectivity index (χ1) is 10.1. The van der Waals surface area contributed by atoms with Crippen LogP contribution >= 0.6 is 0 Å². The normalized spacial score (nSPS) is 10.9. The van der Waals surface area contributed by atoms with Crippen molar-refractivity contribution in [2.24, 2.45) is 5.73 Å². The Kier molecular flexibility index (Phi) is 4.96. The zero-order valence-electron chi connectivity index (χ0n) is 11.3. The largest absolute Gasteiger partial charge is 0.330 e. The summed E-state index contributed by atoms with van der Waals surface area (Å²) in [6.07, 6.45) is -0.0628. The van der Waals surface area contributed by atoms with E-state index in [1.165, 1.54) is 0 Å². The SMILES string of the molecule is NCCc1c(F)c(F)c(CCc2ccccc2)c(F)c1F. The smallest absolute Gasteiger partial charge is 0.165 e. The number of hydrogen-bond donors (Lipinski definition) is 1. The summed E-state index contributed by atoms with van der Waals surface area (Å²) in [7, 11) is 0. The number of nitrogens with two attached hydrogens (primary N) is 1. The molecule has 0 saturated carbocycles. The van der Waals surface area contributed by atoms with Crippen LogP contribution in [0.2, 0.25) is 0 Å². The second-order valence-corrected chi connectivity index (χ2v) is 4.74. The van der Waals surface area contributed by atoms with E-state index in [-0.39, 0.29) is 19.4 Å². The molecule has 2 aromatic rings. The van der Waals surface area contributed by atoms with Gasteiger partial charge in [-0.25, -0.2) is 17.6 Å². The highest BCUT2D eigenvalue weighted by molar-refractivity contribution is 5.31. The summed E-state index contributed by atoms with van der Waals surface area (Å²) < 4.78 is 55.4. The van der Waals surface area contributed by atoms with Crippen LogP contribution in [0.25, 0.3) is 0 Å². The van der Waals surface area contributed by atoms with Crippen LogP contribution in [0.4, 0.5) is 17.6 Å². The summed E-state index contributed by atoms with van der Waals surface area (Å²) in [5, 5.41) is 0. The summed E-state index contributed by atoms with van der Waals surface area (Å²) in [6.45, 7) is -0.0872. The third-order valence-electron chi connectivity index (χ3n) is 3.35.